The van der Waals surface area contributed by atoms with Gasteiger partial charge >= 0.3 is 0 Å². The Hall–Kier alpha value is -3.57. The maximum absolute atomic E-state index is 13.2. The number of benzene rings is 2. The first kappa shape index (κ1) is 25.1. The molecule has 0 saturated carbocycles. The van der Waals surface area contributed by atoms with E-state index in [2.05, 4.69) is 21.7 Å². The minimum atomic E-state index is -0.205. The predicted molar refractivity (Wildman–Crippen MR) is 142 cm³/mol. The highest BCUT2D eigenvalue weighted by Gasteiger charge is 2.35. The molecule has 1 unspecified atom stereocenters. The van der Waals surface area contributed by atoms with Gasteiger partial charge in [0.25, 0.3) is 11.8 Å². The molecule has 0 N–H and O–H groups in total. The Morgan fingerprint density at radius 1 is 0.838 bits per heavy atom. The highest BCUT2D eigenvalue weighted by atomic mass is 35.5. The van der Waals surface area contributed by atoms with E-state index in [1.54, 1.807) is 65.6 Å². The number of aromatic nitrogens is 1. The Morgan fingerprint density at radius 2 is 1.51 bits per heavy atom. The van der Waals surface area contributed by atoms with E-state index in [0.29, 0.717) is 53.4 Å². The second kappa shape index (κ2) is 11.2. The molecule has 2 aromatic carbocycles. The van der Waals surface area contributed by atoms with Gasteiger partial charge in [0.05, 0.1) is 5.02 Å². The number of amides is 2. The number of rotatable bonds is 3. The highest BCUT2D eigenvalue weighted by molar-refractivity contribution is 6.30. The van der Waals surface area contributed by atoms with Crippen LogP contribution in [-0.4, -0.2) is 76.8 Å². The quantitative estimate of drug-likeness (QED) is 0.471. The van der Waals surface area contributed by atoms with Gasteiger partial charge < -0.3 is 14.5 Å². The number of pyridine rings is 1. The lowest BCUT2D eigenvalue weighted by Gasteiger charge is -2.46. The molecule has 2 amide bonds. The number of ether oxygens (including phenoxy) is 1. The van der Waals surface area contributed by atoms with Gasteiger partial charge in [-0.3, -0.25) is 14.5 Å². The molecule has 2 saturated heterocycles. The number of carbonyl (C=O) groups is 2. The Morgan fingerprint density at radius 3 is 2.22 bits per heavy atom. The Balaban J connectivity index is 1.18. The van der Waals surface area contributed by atoms with Gasteiger partial charge in [-0.1, -0.05) is 29.1 Å². The molecule has 7 nitrogen and oxygen atoms in total. The van der Waals surface area contributed by atoms with E-state index in [1.807, 2.05) is 4.90 Å². The molecule has 2 aliphatic rings. The second-order valence-electron chi connectivity index (χ2n) is 8.89. The van der Waals surface area contributed by atoms with Crippen molar-refractivity contribution in [2.75, 3.05) is 39.3 Å². The van der Waals surface area contributed by atoms with Gasteiger partial charge in [-0.15, -0.1) is 0 Å². The minimum absolute atomic E-state index is 0.0400. The molecule has 3 heterocycles. The zero-order valence-corrected chi connectivity index (χ0v) is 21.5. The van der Waals surface area contributed by atoms with Crippen molar-refractivity contribution in [3.05, 3.63) is 88.0 Å². The van der Waals surface area contributed by atoms with Crippen LogP contribution in [0.4, 0.5) is 0 Å². The van der Waals surface area contributed by atoms with E-state index in [-0.39, 0.29) is 17.9 Å². The second-order valence-corrected chi connectivity index (χ2v) is 9.76. The van der Waals surface area contributed by atoms with Crippen molar-refractivity contribution in [1.29, 1.82) is 0 Å². The molecule has 0 spiro atoms. The SMILES string of the molecule is O=C(C#Cc1ccc(Cl)cc1)N1CCN2CCN(C(=O)c3ccc(Oc4ccc(Cl)cn4)cc3)CC2C1. The third-order valence-corrected chi connectivity index (χ3v) is 6.92. The molecule has 5 rings (SSSR count). The summed E-state index contributed by atoms with van der Waals surface area (Å²) in [7, 11) is 0. The van der Waals surface area contributed by atoms with Gasteiger partial charge in [0.2, 0.25) is 5.88 Å². The van der Waals surface area contributed by atoms with Crippen LogP contribution in [0.15, 0.2) is 66.9 Å². The third-order valence-electron chi connectivity index (χ3n) is 6.45. The number of carbonyl (C=O) groups excluding carboxylic acids is 2. The fourth-order valence-corrected chi connectivity index (χ4v) is 4.69. The third kappa shape index (κ3) is 6.23. The lowest BCUT2D eigenvalue weighted by Crippen LogP contribution is -2.63. The highest BCUT2D eigenvalue weighted by Crippen LogP contribution is 2.23. The van der Waals surface area contributed by atoms with Crippen molar-refractivity contribution in [1.82, 2.24) is 19.7 Å². The van der Waals surface area contributed by atoms with E-state index in [1.165, 1.54) is 6.20 Å². The van der Waals surface area contributed by atoms with Crippen LogP contribution in [0.3, 0.4) is 0 Å². The zero-order chi connectivity index (χ0) is 25.8. The van der Waals surface area contributed by atoms with Crippen molar-refractivity contribution in [2.24, 2.45) is 0 Å². The van der Waals surface area contributed by atoms with Crippen LogP contribution >= 0.6 is 23.2 Å². The summed E-state index contributed by atoms with van der Waals surface area (Å²) in [6.07, 6.45) is 1.51. The van der Waals surface area contributed by atoms with Crippen LogP contribution in [0.1, 0.15) is 15.9 Å². The molecule has 0 aliphatic carbocycles. The van der Waals surface area contributed by atoms with Gasteiger partial charge in [-0.2, -0.15) is 0 Å². The number of hydrogen-bond donors (Lipinski definition) is 0. The summed E-state index contributed by atoms with van der Waals surface area (Å²) in [6.45, 7) is 3.91. The summed E-state index contributed by atoms with van der Waals surface area (Å²) in [4.78, 5) is 36.0. The Bertz CT molecular complexity index is 1340. The number of hydrogen-bond acceptors (Lipinski definition) is 5. The van der Waals surface area contributed by atoms with Gasteiger partial charge in [0.15, 0.2) is 0 Å². The summed E-state index contributed by atoms with van der Waals surface area (Å²) in [6, 6.07) is 17.5. The Labute approximate surface area is 225 Å². The summed E-state index contributed by atoms with van der Waals surface area (Å²) in [5, 5.41) is 1.16. The lowest BCUT2D eigenvalue weighted by molar-refractivity contribution is -0.128. The molecule has 37 heavy (non-hydrogen) atoms. The van der Waals surface area contributed by atoms with E-state index >= 15 is 0 Å². The van der Waals surface area contributed by atoms with Crippen LogP contribution in [0.2, 0.25) is 10.0 Å². The van der Waals surface area contributed by atoms with Crippen molar-refractivity contribution < 1.29 is 14.3 Å². The fraction of sp³-hybridized carbons (Fsp3) is 0.250. The fourth-order valence-electron chi connectivity index (χ4n) is 4.45. The standard InChI is InChI=1S/C28H24Cl2N4O3/c29-22-6-1-20(2-7-22)3-12-27(35)33-15-13-32-14-16-34(19-24(32)18-33)28(36)21-4-9-25(10-5-21)37-26-11-8-23(30)17-31-26/h1-2,4-11,17,24H,13-16,18-19H2. The van der Waals surface area contributed by atoms with Crippen molar-refractivity contribution in [3.8, 4) is 23.5 Å². The van der Waals surface area contributed by atoms with E-state index < -0.39 is 0 Å². The van der Waals surface area contributed by atoms with Gasteiger partial charge in [-0.25, -0.2) is 4.98 Å². The van der Waals surface area contributed by atoms with E-state index in [4.69, 9.17) is 27.9 Å². The molecule has 9 heteroatoms. The maximum atomic E-state index is 13.2. The molecule has 0 radical (unpaired) electrons. The molecule has 0 bridgehead atoms. The summed E-state index contributed by atoms with van der Waals surface area (Å²) in [5.74, 6) is 6.42. The van der Waals surface area contributed by atoms with Crippen LogP contribution < -0.4 is 4.74 Å². The summed E-state index contributed by atoms with van der Waals surface area (Å²) >= 11 is 11.8. The Kier molecular flexibility index (Phi) is 7.61. The molecule has 1 atom stereocenters. The number of fused-ring (bicyclic) bond motifs is 1. The number of piperazine rings is 2. The van der Waals surface area contributed by atoms with E-state index in [9.17, 15) is 9.59 Å². The molecule has 3 aromatic rings. The average molecular weight is 535 g/mol. The van der Waals surface area contributed by atoms with Crippen molar-refractivity contribution in [2.45, 2.75) is 6.04 Å². The number of halogens is 2. The normalized spacial score (nSPS) is 17.4. The topological polar surface area (TPSA) is 66.0 Å². The van der Waals surface area contributed by atoms with Gasteiger partial charge in [-0.05, 0) is 54.6 Å². The molecular weight excluding hydrogens is 511 g/mol. The molecule has 188 valence electrons. The van der Waals surface area contributed by atoms with Gasteiger partial charge in [0, 0.05) is 79.6 Å². The smallest absolute Gasteiger partial charge is 0.298 e. The summed E-state index contributed by atoms with van der Waals surface area (Å²) in [5.41, 5.74) is 1.33. The average Bonchev–Trinajstić information content (AvgIpc) is 2.93. The largest absolute Gasteiger partial charge is 0.439 e. The monoisotopic (exact) mass is 534 g/mol. The lowest BCUT2D eigenvalue weighted by atomic mass is 10.1. The predicted octanol–water partition coefficient (Wildman–Crippen LogP) is 4.20. The van der Waals surface area contributed by atoms with E-state index in [0.717, 1.165) is 18.7 Å². The first-order valence-corrected chi connectivity index (χ1v) is 12.7. The van der Waals surface area contributed by atoms with Crippen molar-refractivity contribution >= 4 is 35.0 Å². The number of nitrogens with zero attached hydrogens (tertiary/aromatic N) is 4. The van der Waals surface area contributed by atoms with Crippen LogP contribution in [0, 0.1) is 11.8 Å². The van der Waals surface area contributed by atoms with Gasteiger partial charge in [0.1, 0.15) is 5.75 Å². The summed E-state index contributed by atoms with van der Waals surface area (Å²) < 4.78 is 5.72. The van der Waals surface area contributed by atoms with Crippen LogP contribution in [-0.2, 0) is 4.79 Å². The van der Waals surface area contributed by atoms with Crippen LogP contribution in [0.25, 0.3) is 0 Å². The molecule has 2 fully saturated rings. The maximum Gasteiger partial charge on any atom is 0.298 e. The minimum Gasteiger partial charge on any atom is -0.439 e. The first-order chi connectivity index (χ1) is 17.9. The zero-order valence-electron chi connectivity index (χ0n) is 19.9. The van der Waals surface area contributed by atoms with Crippen LogP contribution in [0.5, 0.6) is 11.6 Å². The molecule has 2 aliphatic heterocycles. The van der Waals surface area contributed by atoms with Crippen molar-refractivity contribution in [3.63, 3.8) is 0 Å². The molecular formula is C28H24Cl2N4O3. The molecule has 1 aromatic heterocycles. The first-order valence-electron chi connectivity index (χ1n) is 11.9.